The molecular weight excluding hydrogens is 262 g/mol. The fraction of sp³-hybridized carbons (Fsp3) is 0.667. The Balaban J connectivity index is 1.95. The third-order valence-electron chi connectivity index (χ3n) is 4.48. The maximum atomic E-state index is 6.15. The molecule has 3 unspecified atom stereocenters. The minimum Gasteiger partial charge on any atom is -0.486 e. The van der Waals surface area contributed by atoms with Gasteiger partial charge in [0.15, 0.2) is 11.5 Å². The first-order valence-electron chi connectivity index (χ1n) is 8.34. The zero-order valence-electron chi connectivity index (χ0n) is 13.6. The third kappa shape index (κ3) is 4.37. The minimum atomic E-state index is 0.0978. The van der Waals surface area contributed by atoms with Crippen LogP contribution >= 0.6 is 0 Å². The van der Waals surface area contributed by atoms with Crippen LogP contribution in [0.2, 0.25) is 0 Å². The van der Waals surface area contributed by atoms with Gasteiger partial charge in [-0.1, -0.05) is 51.7 Å². The van der Waals surface area contributed by atoms with E-state index in [4.69, 9.17) is 9.47 Å². The Bertz CT molecular complexity index is 421. The molecule has 0 bridgehead atoms. The monoisotopic (exact) mass is 291 g/mol. The summed E-state index contributed by atoms with van der Waals surface area (Å²) < 4.78 is 12.0. The van der Waals surface area contributed by atoms with Gasteiger partial charge in [-0.3, -0.25) is 0 Å². The van der Waals surface area contributed by atoms with Gasteiger partial charge in [-0.05, 0) is 31.5 Å². The fourth-order valence-corrected chi connectivity index (χ4v) is 3.03. The van der Waals surface area contributed by atoms with E-state index >= 15 is 0 Å². The molecule has 2 rings (SSSR count). The lowest BCUT2D eigenvalue weighted by atomic mass is 9.90. The topological polar surface area (TPSA) is 30.5 Å². The van der Waals surface area contributed by atoms with Gasteiger partial charge in [0, 0.05) is 6.04 Å². The minimum absolute atomic E-state index is 0.0978. The highest BCUT2D eigenvalue weighted by Gasteiger charge is 2.29. The van der Waals surface area contributed by atoms with Gasteiger partial charge in [-0.2, -0.15) is 0 Å². The molecule has 1 aromatic carbocycles. The van der Waals surface area contributed by atoms with Crippen molar-refractivity contribution in [2.45, 2.75) is 58.1 Å². The van der Waals surface area contributed by atoms with Crippen molar-refractivity contribution < 1.29 is 9.47 Å². The van der Waals surface area contributed by atoms with E-state index in [-0.39, 0.29) is 6.10 Å². The Morgan fingerprint density at radius 3 is 2.67 bits per heavy atom. The Hall–Kier alpha value is -1.22. The standard InChI is InChI=1S/C18H29NO2/c1-4-6-9-14(5-2)12-15(19-3)18-13-20-16-10-7-8-11-17(16)21-18/h7-8,10-11,14-15,18-19H,4-6,9,12-13H2,1-3H3. The smallest absolute Gasteiger partial charge is 0.161 e. The number of likely N-dealkylation sites (N-methyl/N-ethyl adjacent to an activating group) is 1. The van der Waals surface area contributed by atoms with Gasteiger partial charge in [0.05, 0.1) is 0 Å². The zero-order chi connectivity index (χ0) is 15.1. The number of ether oxygens (including phenoxy) is 2. The highest BCUT2D eigenvalue weighted by atomic mass is 16.6. The number of hydrogen-bond acceptors (Lipinski definition) is 3. The highest BCUT2D eigenvalue weighted by molar-refractivity contribution is 5.40. The molecule has 0 radical (unpaired) electrons. The summed E-state index contributed by atoms with van der Waals surface area (Å²) in [5.74, 6) is 2.50. The molecule has 0 saturated heterocycles. The predicted molar refractivity (Wildman–Crippen MR) is 87.1 cm³/mol. The summed E-state index contributed by atoms with van der Waals surface area (Å²) in [6.07, 6.45) is 6.40. The van der Waals surface area contributed by atoms with Gasteiger partial charge in [-0.25, -0.2) is 0 Å². The average Bonchev–Trinajstić information content (AvgIpc) is 2.55. The molecule has 1 N–H and O–H groups in total. The summed E-state index contributed by atoms with van der Waals surface area (Å²) in [7, 11) is 2.03. The Morgan fingerprint density at radius 1 is 1.24 bits per heavy atom. The van der Waals surface area contributed by atoms with Crippen molar-refractivity contribution in [3.8, 4) is 11.5 Å². The average molecular weight is 291 g/mol. The van der Waals surface area contributed by atoms with Crippen molar-refractivity contribution in [2.75, 3.05) is 13.7 Å². The van der Waals surface area contributed by atoms with Crippen molar-refractivity contribution in [3.05, 3.63) is 24.3 Å². The second kappa shape index (κ2) is 8.28. The number of unbranched alkanes of at least 4 members (excludes halogenated alkanes) is 1. The second-order valence-corrected chi connectivity index (χ2v) is 5.96. The molecule has 1 aliphatic heterocycles. The van der Waals surface area contributed by atoms with Gasteiger partial charge in [-0.15, -0.1) is 0 Å². The second-order valence-electron chi connectivity index (χ2n) is 5.96. The third-order valence-corrected chi connectivity index (χ3v) is 4.48. The first-order valence-corrected chi connectivity index (χ1v) is 8.34. The Labute approximate surface area is 129 Å². The molecule has 0 amide bonds. The van der Waals surface area contributed by atoms with Crippen LogP contribution in [-0.4, -0.2) is 25.8 Å². The molecule has 3 heteroatoms. The van der Waals surface area contributed by atoms with E-state index in [1.54, 1.807) is 0 Å². The van der Waals surface area contributed by atoms with Crippen LogP contribution in [0, 0.1) is 5.92 Å². The number of para-hydroxylation sites is 2. The molecular formula is C18H29NO2. The van der Waals surface area contributed by atoms with E-state index in [0.29, 0.717) is 12.6 Å². The molecule has 0 aliphatic carbocycles. The van der Waals surface area contributed by atoms with Gasteiger partial charge < -0.3 is 14.8 Å². The summed E-state index contributed by atoms with van der Waals surface area (Å²) in [5, 5.41) is 3.44. The highest BCUT2D eigenvalue weighted by Crippen LogP contribution is 2.32. The van der Waals surface area contributed by atoms with Crippen LogP contribution in [0.3, 0.4) is 0 Å². The van der Waals surface area contributed by atoms with E-state index in [0.717, 1.165) is 23.8 Å². The van der Waals surface area contributed by atoms with E-state index in [9.17, 15) is 0 Å². The molecule has 0 aromatic heterocycles. The predicted octanol–water partition coefficient (Wildman–Crippen LogP) is 4.02. The molecule has 3 nitrogen and oxygen atoms in total. The number of rotatable bonds is 8. The van der Waals surface area contributed by atoms with Crippen molar-refractivity contribution in [1.29, 1.82) is 0 Å². The summed E-state index contributed by atoms with van der Waals surface area (Å²) in [5.41, 5.74) is 0. The van der Waals surface area contributed by atoms with Gasteiger partial charge >= 0.3 is 0 Å². The molecule has 0 spiro atoms. The molecule has 3 atom stereocenters. The van der Waals surface area contributed by atoms with Crippen molar-refractivity contribution >= 4 is 0 Å². The molecule has 1 heterocycles. The Morgan fingerprint density at radius 2 is 2.00 bits per heavy atom. The van der Waals surface area contributed by atoms with E-state index in [2.05, 4.69) is 19.2 Å². The first kappa shape index (κ1) is 16.2. The summed E-state index contributed by atoms with van der Waals surface area (Å²) in [6, 6.07) is 8.28. The molecule has 0 fully saturated rings. The lowest BCUT2D eigenvalue weighted by Gasteiger charge is -2.33. The fourth-order valence-electron chi connectivity index (χ4n) is 3.03. The van der Waals surface area contributed by atoms with Crippen LogP contribution < -0.4 is 14.8 Å². The summed E-state index contributed by atoms with van der Waals surface area (Å²) in [6.45, 7) is 5.19. The van der Waals surface area contributed by atoms with E-state index in [1.807, 2.05) is 31.3 Å². The maximum absolute atomic E-state index is 6.15. The lowest BCUT2D eigenvalue weighted by Crippen LogP contribution is -2.47. The number of hydrogen-bond donors (Lipinski definition) is 1. The summed E-state index contributed by atoms with van der Waals surface area (Å²) in [4.78, 5) is 0. The maximum Gasteiger partial charge on any atom is 0.161 e. The first-order chi connectivity index (χ1) is 10.3. The van der Waals surface area contributed by atoms with Crippen molar-refractivity contribution in [2.24, 2.45) is 5.92 Å². The van der Waals surface area contributed by atoms with Gasteiger partial charge in [0.2, 0.25) is 0 Å². The van der Waals surface area contributed by atoms with Crippen molar-refractivity contribution in [3.63, 3.8) is 0 Å². The number of nitrogens with one attached hydrogen (secondary N) is 1. The van der Waals surface area contributed by atoms with Crippen LogP contribution in [0.5, 0.6) is 11.5 Å². The normalized spacial score (nSPS) is 20.0. The molecule has 1 aromatic rings. The summed E-state index contributed by atoms with van der Waals surface area (Å²) >= 11 is 0. The lowest BCUT2D eigenvalue weighted by molar-refractivity contribution is 0.0559. The van der Waals surface area contributed by atoms with E-state index < -0.39 is 0 Å². The molecule has 21 heavy (non-hydrogen) atoms. The van der Waals surface area contributed by atoms with Crippen LogP contribution in [0.15, 0.2) is 24.3 Å². The SMILES string of the molecule is CCCCC(CC)CC(NC)C1COc2ccccc2O1. The Kier molecular flexibility index (Phi) is 6.37. The van der Waals surface area contributed by atoms with Crippen LogP contribution in [0.25, 0.3) is 0 Å². The largest absolute Gasteiger partial charge is 0.486 e. The molecule has 118 valence electrons. The van der Waals surface area contributed by atoms with Gasteiger partial charge in [0.1, 0.15) is 12.7 Å². The quantitative estimate of drug-likeness (QED) is 0.784. The van der Waals surface area contributed by atoms with Crippen molar-refractivity contribution in [1.82, 2.24) is 5.32 Å². The van der Waals surface area contributed by atoms with Crippen LogP contribution in [0.1, 0.15) is 46.0 Å². The number of fused-ring (bicyclic) bond motifs is 1. The van der Waals surface area contributed by atoms with Crippen LogP contribution in [-0.2, 0) is 0 Å². The van der Waals surface area contributed by atoms with E-state index in [1.165, 1.54) is 25.7 Å². The number of benzene rings is 1. The van der Waals surface area contributed by atoms with Gasteiger partial charge in [0.25, 0.3) is 0 Å². The molecule has 0 saturated carbocycles. The molecule has 1 aliphatic rings. The van der Waals surface area contributed by atoms with Crippen LogP contribution in [0.4, 0.5) is 0 Å². The zero-order valence-corrected chi connectivity index (χ0v) is 13.6.